The van der Waals surface area contributed by atoms with E-state index in [-0.39, 0.29) is 0 Å². The first-order valence-corrected chi connectivity index (χ1v) is 13.6. The van der Waals surface area contributed by atoms with E-state index in [0.29, 0.717) is 29.6 Å². The molecule has 0 spiro atoms. The van der Waals surface area contributed by atoms with Crippen LogP contribution in [-0.2, 0) is 27.6 Å². The molecule has 0 unspecified atom stereocenters. The monoisotopic (exact) mass is 449 g/mol. The number of piperidine rings is 1. The van der Waals surface area contributed by atoms with Crippen LogP contribution in [0.2, 0.25) is 0 Å². The zero-order valence-electron chi connectivity index (χ0n) is 19.2. The molecule has 7 heteroatoms. The van der Waals surface area contributed by atoms with Crippen molar-refractivity contribution in [2.45, 2.75) is 81.8 Å². The Morgan fingerprint density at radius 1 is 1.06 bits per heavy atom. The van der Waals surface area contributed by atoms with E-state index in [1.54, 1.807) is 6.07 Å². The lowest BCUT2D eigenvalue weighted by atomic mass is 9.97. The second-order valence-corrected chi connectivity index (χ2v) is 11.4. The second kappa shape index (κ2) is 10.3. The Kier molecular flexibility index (Phi) is 7.70. The lowest BCUT2D eigenvalue weighted by Gasteiger charge is -2.44. The van der Waals surface area contributed by atoms with Gasteiger partial charge < -0.3 is 9.64 Å². The molecule has 0 atom stereocenters. The average Bonchev–Trinajstić information content (AvgIpc) is 3.25. The van der Waals surface area contributed by atoms with Crippen LogP contribution in [0.5, 0.6) is 0 Å². The molecule has 1 aliphatic carbocycles. The van der Waals surface area contributed by atoms with Crippen LogP contribution < -0.4 is 4.72 Å². The van der Waals surface area contributed by atoms with Crippen molar-refractivity contribution in [2.75, 3.05) is 39.4 Å². The van der Waals surface area contributed by atoms with Gasteiger partial charge in [-0.3, -0.25) is 4.90 Å². The number of benzene rings is 1. The molecular formula is C24H39N3O3S. The molecule has 0 bridgehead atoms. The van der Waals surface area contributed by atoms with Gasteiger partial charge in [0.2, 0.25) is 10.0 Å². The highest BCUT2D eigenvalue weighted by molar-refractivity contribution is 7.89. The predicted molar refractivity (Wildman–Crippen MR) is 124 cm³/mol. The van der Waals surface area contributed by atoms with Gasteiger partial charge in [0, 0.05) is 44.4 Å². The van der Waals surface area contributed by atoms with E-state index < -0.39 is 10.0 Å². The summed E-state index contributed by atoms with van der Waals surface area (Å²) in [6.07, 6.45) is 7.59. The molecule has 1 aromatic carbocycles. The van der Waals surface area contributed by atoms with E-state index in [4.69, 9.17) is 4.74 Å². The number of fused-ring (bicyclic) bond motifs is 1. The molecule has 2 saturated heterocycles. The standard InChI is InChI=1S/C24H39N3O3S/c1-19(2)26-13-8-22(9-14-26)27(23-10-16-30-17-11-23)15-12-25-31(28,29)24-7-6-20-4-3-5-21(20)18-24/h6-7,18-19,22-23,25H,3-5,8-17H2,1-2H3. The quantitative estimate of drug-likeness (QED) is 0.661. The molecule has 2 heterocycles. The third kappa shape index (κ3) is 5.69. The molecule has 2 aliphatic heterocycles. The minimum absolute atomic E-state index is 0.413. The summed E-state index contributed by atoms with van der Waals surface area (Å²) in [5, 5.41) is 0. The maximum absolute atomic E-state index is 12.9. The lowest BCUT2D eigenvalue weighted by molar-refractivity contribution is 0.000518. The number of ether oxygens (including phenoxy) is 1. The van der Waals surface area contributed by atoms with Crippen molar-refractivity contribution in [2.24, 2.45) is 0 Å². The van der Waals surface area contributed by atoms with E-state index in [9.17, 15) is 8.42 Å². The number of hydrogen-bond acceptors (Lipinski definition) is 5. The summed E-state index contributed by atoms with van der Waals surface area (Å²) in [6.45, 7) is 9.64. The van der Waals surface area contributed by atoms with Gasteiger partial charge in [-0.1, -0.05) is 6.07 Å². The van der Waals surface area contributed by atoms with Gasteiger partial charge in [-0.15, -0.1) is 0 Å². The van der Waals surface area contributed by atoms with Crippen molar-refractivity contribution in [3.63, 3.8) is 0 Å². The van der Waals surface area contributed by atoms with Crippen LogP contribution in [0.15, 0.2) is 23.1 Å². The Balaban J connectivity index is 1.38. The first-order chi connectivity index (χ1) is 14.9. The number of hydrogen-bond donors (Lipinski definition) is 1. The van der Waals surface area contributed by atoms with Crippen LogP contribution >= 0.6 is 0 Å². The van der Waals surface area contributed by atoms with E-state index in [2.05, 4.69) is 28.4 Å². The van der Waals surface area contributed by atoms with E-state index in [1.165, 1.54) is 11.1 Å². The van der Waals surface area contributed by atoms with Crippen LogP contribution in [-0.4, -0.2) is 75.7 Å². The molecule has 2 fully saturated rings. The maximum Gasteiger partial charge on any atom is 0.240 e. The van der Waals surface area contributed by atoms with Crippen molar-refractivity contribution in [1.82, 2.24) is 14.5 Å². The molecule has 31 heavy (non-hydrogen) atoms. The predicted octanol–water partition coefficient (Wildman–Crippen LogP) is 2.81. The summed E-state index contributed by atoms with van der Waals surface area (Å²) in [6, 6.07) is 7.26. The largest absolute Gasteiger partial charge is 0.381 e. The molecule has 174 valence electrons. The van der Waals surface area contributed by atoms with E-state index in [1.807, 2.05) is 12.1 Å². The number of nitrogens with zero attached hydrogens (tertiary/aromatic N) is 2. The second-order valence-electron chi connectivity index (χ2n) is 9.62. The van der Waals surface area contributed by atoms with Gasteiger partial charge in [0.15, 0.2) is 0 Å². The van der Waals surface area contributed by atoms with Crippen molar-refractivity contribution in [1.29, 1.82) is 0 Å². The van der Waals surface area contributed by atoms with Gasteiger partial charge >= 0.3 is 0 Å². The third-order valence-corrected chi connectivity index (χ3v) is 8.86. The fraction of sp³-hybridized carbons (Fsp3) is 0.750. The average molecular weight is 450 g/mol. The third-order valence-electron chi connectivity index (χ3n) is 7.40. The number of rotatable bonds is 8. The highest BCUT2D eigenvalue weighted by Crippen LogP contribution is 2.26. The topological polar surface area (TPSA) is 61.9 Å². The highest BCUT2D eigenvalue weighted by Gasteiger charge is 2.31. The number of nitrogens with one attached hydrogen (secondary N) is 1. The SMILES string of the molecule is CC(C)N1CCC(N(CCNS(=O)(=O)c2ccc3c(c2)CCC3)C2CCOCC2)CC1. The molecule has 1 N–H and O–H groups in total. The number of sulfonamides is 1. The Labute approximate surface area is 188 Å². The van der Waals surface area contributed by atoms with Crippen LogP contribution in [0.4, 0.5) is 0 Å². The first kappa shape index (κ1) is 23.2. The molecular weight excluding hydrogens is 410 g/mol. The first-order valence-electron chi connectivity index (χ1n) is 12.1. The van der Waals surface area contributed by atoms with E-state index in [0.717, 1.165) is 77.8 Å². The molecule has 6 nitrogen and oxygen atoms in total. The molecule has 0 amide bonds. The van der Waals surface area contributed by atoms with E-state index >= 15 is 0 Å². The van der Waals surface area contributed by atoms with Crippen molar-refractivity contribution < 1.29 is 13.2 Å². The Morgan fingerprint density at radius 2 is 1.74 bits per heavy atom. The minimum Gasteiger partial charge on any atom is -0.381 e. The summed E-state index contributed by atoms with van der Waals surface area (Å²) in [7, 11) is -3.47. The maximum atomic E-state index is 12.9. The fourth-order valence-electron chi connectivity index (χ4n) is 5.52. The summed E-state index contributed by atoms with van der Waals surface area (Å²) in [5.74, 6) is 0. The number of likely N-dealkylation sites (tertiary alicyclic amines) is 1. The van der Waals surface area contributed by atoms with Crippen LogP contribution in [0.1, 0.15) is 57.1 Å². The summed E-state index contributed by atoms with van der Waals surface area (Å²) >= 11 is 0. The zero-order valence-corrected chi connectivity index (χ0v) is 20.0. The molecule has 4 rings (SSSR count). The van der Waals surface area contributed by atoms with Crippen LogP contribution in [0, 0.1) is 0 Å². The highest BCUT2D eigenvalue weighted by atomic mass is 32.2. The number of aryl methyl sites for hydroxylation is 2. The molecule has 1 aromatic rings. The summed E-state index contributed by atoms with van der Waals surface area (Å²) < 4.78 is 34.3. The Hall–Kier alpha value is -0.990. The molecule has 3 aliphatic rings. The molecule has 0 aromatic heterocycles. The Morgan fingerprint density at radius 3 is 2.45 bits per heavy atom. The van der Waals surface area contributed by atoms with Crippen molar-refractivity contribution >= 4 is 10.0 Å². The van der Waals surface area contributed by atoms with Gasteiger partial charge in [-0.25, -0.2) is 13.1 Å². The smallest absolute Gasteiger partial charge is 0.240 e. The Bertz CT molecular complexity index is 828. The van der Waals surface area contributed by atoms with Gasteiger partial charge in [-0.05, 0) is 95.1 Å². The summed E-state index contributed by atoms with van der Waals surface area (Å²) in [4.78, 5) is 5.55. The zero-order chi connectivity index (χ0) is 21.8. The van der Waals surface area contributed by atoms with Crippen LogP contribution in [0.25, 0.3) is 0 Å². The van der Waals surface area contributed by atoms with Gasteiger partial charge in [-0.2, -0.15) is 0 Å². The van der Waals surface area contributed by atoms with Gasteiger partial charge in [0.05, 0.1) is 4.90 Å². The molecule has 0 radical (unpaired) electrons. The fourth-order valence-corrected chi connectivity index (χ4v) is 6.59. The van der Waals surface area contributed by atoms with Gasteiger partial charge in [0.1, 0.15) is 0 Å². The van der Waals surface area contributed by atoms with Crippen LogP contribution in [0.3, 0.4) is 0 Å². The van der Waals surface area contributed by atoms with Crippen molar-refractivity contribution in [3.8, 4) is 0 Å². The lowest BCUT2D eigenvalue weighted by Crippen LogP contribution is -2.53. The normalized spacial score (nSPS) is 21.8. The van der Waals surface area contributed by atoms with Crippen molar-refractivity contribution in [3.05, 3.63) is 29.3 Å². The minimum atomic E-state index is -3.47. The summed E-state index contributed by atoms with van der Waals surface area (Å²) in [5.41, 5.74) is 2.50. The van der Waals surface area contributed by atoms with Gasteiger partial charge in [0.25, 0.3) is 0 Å². The molecule has 0 saturated carbocycles.